The van der Waals surface area contributed by atoms with Gasteiger partial charge in [-0.05, 0) is 23.6 Å². The zero-order chi connectivity index (χ0) is 20.1. The Morgan fingerprint density at radius 3 is 2.72 bits per heavy atom. The van der Waals surface area contributed by atoms with Gasteiger partial charge in [-0.15, -0.1) is 10.2 Å². The average Bonchev–Trinajstić information content (AvgIpc) is 3.20. The number of aromatic nitrogens is 2. The van der Waals surface area contributed by atoms with E-state index in [1.54, 1.807) is 12.1 Å². The molecule has 0 unspecified atom stereocenters. The molecule has 0 bridgehead atoms. The second-order valence-electron chi connectivity index (χ2n) is 6.04. The standard InChI is InChI=1S/C21H16FN3O3S/c22-16-9-3-4-11-18(16)27-12-20-24-25-21(28-20)29-13-19(26)23-17-10-5-7-14-6-1-2-8-15(14)17/h1-11H,12-13H2,(H,23,26). The third kappa shape index (κ3) is 4.72. The summed E-state index contributed by atoms with van der Waals surface area (Å²) in [6.07, 6.45) is 0. The minimum atomic E-state index is -0.466. The number of nitrogens with zero attached hydrogens (tertiary/aromatic N) is 2. The van der Waals surface area contributed by atoms with Crippen molar-refractivity contribution < 1.29 is 18.3 Å². The van der Waals surface area contributed by atoms with E-state index >= 15 is 0 Å². The fraction of sp³-hybridized carbons (Fsp3) is 0.0952. The van der Waals surface area contributed by atoms with Gasteiger partial charge in [0.15, 0.2) is 18.2 Å². The Kier molecular flexibility index (Phi) is 5.71. The van der Waals surface area contributed by atoms with Crippen LogP contribution in [0.3, 0.4) is 0 Å². The Labute approximate surface area is 170 Å². The van der Waals surface area contributed by atoms with Gasteiger partial charge >= 0.3 is 0 Å². The fourth-order valence-electron chi connectivity index (χ4n) is 2.70. The van der Waals surface area contributed by atoms with Gasteiger partial charge in [0, 0.05) is 11.1 Å². The molecule has 1 heterocycles. The van der Waals surface area contributed by atoms with Crippen LogP contribution in [0.1, 0.15) is 5.89 Å². The van der Waals surface area contributed by atoms with Crippen molar-refractivity contribution in [3.8, 4) is 5.75 Å². The number of benzene rings is 3. The number of nitrogens with one attached hydrogen (secondary N) is 1. The summed E-state index contributed by atoms with van der Waals surface area (Å²) in [4.78, 5) is 12.3. The van der Waals surface area contributed by atoms with E-state index in [1.807, 2.05) is 42.5 Å². The second kappa shape index (κ2) is 8.74. The lowest BCUT2D eigenvalue weighted by Gasteiger charge is -2.07. The van der Waals surface area contributed by atoms with Gasteiger partial charge in [0.05, 0.1) is 5.75 Å². The highest BCUT2D eigenvalue weighted by atomic mass is 32.2. The lowest BCUT2D eigenvalue weighted by molar-refractivity contribution is -0.113. The maximum atomic E-state index is 13.5. The summed E-state index contributed by atoms with van der Waals surface area (Å²) in [5.41, 5.74) is 0.748. The Hall–Kier alpha value is -3.39. The van der Waals surface area contributed by atoms with E-state index in [9.17, 15) is 9.18 Å². The molecule has 1 amide bonds. The van der Waals surface area contributed by atoms with Crippen LogP contribution in [0.2, 0.25) is 0 Å². The van der Waals surface area contributed by atoms with E-state index in [-0.39, 0.29) is 35.1 Å². The molecule has 4 aromatic rings. The summed E-state index contributed by atoms with van der Waals surface area (Å²) in [6, 6.07) is 19.6. The molecule has 146 valence electrons. The van der Waals surface area contributed by atoms with Crippen molar-refractivity contribution in [3.63, 3.8) is 0 Å². The number of para-hydroxylation sites is 1. The molecule has 1 N–H and O–H groups in total. The molecule has 0 fully saturated rings. The maximum Gasteiger partial charge on any atom is 0.277 e. The Bertz CT molecular complexity index is 1140. The van der Waals surface area contributed by atoms with Crippen molar-refractivity contribution in [2.75, 3.05) is 11.1 Å². The maximum absolute atomic E-state index is 13.5. The molecule has 0 aliphatic carbocycles. The molecular formula is C21H16FN3O3S. The summed E-state index contributed by atoms with van der Waals surface area (Å²) >= 11 is 1.12. The number of rotatable bonds is 7. The van der Waals surface area contributed by atoms with Crippen LogP contribution in [-0.4, -0.2) is 21.9 Å². The molecule has 1 aromatic heterocycles. The van der Waals surface area contributed by atoms with Gasteiger partial charge in [-0.25, -0.2) is 4.39 Å². The van der Waals surface area contributed by atoms with Crippen molar-refractivity contribution in [1.82, 2.24) is 10.2 Å². The summed E-state index contributed by atoms with van der Waals surface area (Å²) in [5, 5.41) is 12.9. The average molecular weight is 409 g/mol. The first-order valence-electron chi connectivity index (χ1n) is 8.79. The molecule has 8 heteroatoms. The van der Waals surface area contributed by atoms with Crippen LogP contribution in [0, 0.1) is 5.82 Å². The van der Waals surface area contributed by atoms with Gasteiger partial charge in [-0.1, -0.05) is 60.3 Å². The smallest absolute Gasteiger partial charge is 0.277 e. The van der Waals surface area contributed by atoms with Crippen LogP contribution in [0.4, 0.5) is 10.1 Å². The van der Waals surface area contributed by atoms with E-state index in [1.165, 1.54) is 12.1 Å². The minimum Gasteiger partial charge on any atom is -0.481 e. The lowest BCUT2D eigenvalue weighted by Crippen LogP contribution is -2.14. The predicted molar refractivity (Wildman–Crippen MR) is 108 cm³/mol. The quantitative estimate of drug-likeness (QED) is 0.447. The van der Waals surface area contributed by atoms with E-state index < -0.39 is 5.82 Å². The summed E-state index contributed by atoms with van der Waals surface area (Å²) in [6.45, 7) is -0.0588. The third-order valence-corrected chi connectivity index (χ3v) is 4.85. The highest BCUT2D eigenvalue weighted by molar-refractivity contribution is 7.99. The van der Waals surface area contributed by atoms with Gasteiger partial charge in [0.25, 0.3) is 11.1 Å². The number of hydrogen-bond donors (Lipinski definition) is 1. The monoisotopic (exact) mass is 409 g/mol. The molecule has 4 rings (SSSR count). The van der Waals surface area contributed by atoms with E-state index in [2.05, 4.69) is 15.5 Å². The molecule has 0 spiro atoms. The lowest BCUT2D eigenvalue weighted by atomic mass is 10.1. The van der Waals surface area contributed by atoms with Crippen molar-refractivity contribution in [3.05, 3.63) is 78.4 Å². The third-order valence-electron chi connectivity index (χ3n) is 4.03. The number of thioether (sulfide) groups is 1. The fourth-order valence-corrected chi connectivity index (χ4v) is 3.28. The first-order chi connectivity index (χ1) is 14.2. The topological polar surface area (TPSA) is 77.2 Å². The Morgan fingerprint density at radius 1 is 1.03 bits per heavy atom. The minimum absolute atomic E-state index is 0.0588. The van der Waals surface area contributed by atoms with Gasteiger partial charge in [0.1, 0.15) is 0 Å². The van der Waals surface area contributed by atoms with Crippen molar-refractivity contribution in [2.24, 2.45) is 0 Å². The zero-order valence-electron chi connectivity index (χ0n) is 15.2. The summed E-state index contributed by atoms with van der Waals surface area (Å²) < 4.78 is 24.3. The summed E-state index contributed by atoms with van der Waals surface area (Å²) in [7, 11) is 0. The van der Waals surface area contributed by atoms with Gasteiger partial charge in [-0.2, -0.15) is 0 Å². The number of amides is 1. The number of carbonyl (C=O) groups excluding carboxylic acids is 1. The zero-order valence-corrected chi connectivity index (χ0v) is 16.0. The van der Waals surface area contributed by atoms with Crippen molar-refractivity contribution in [1.29, 1.82) is 0 Å². The van der Waals surface area contributed by atoms with Crippen LogP contribution in [0.25, 0.3) is 10.8 Å². The van der Waals surface area contributed by atoms with Gasteiger partial charge in [-0.3, -0.25) is 4.79 Å². The molecule has 0 atom stereocenters. The van der Waals surface area contributed by atoms with Crippen LogP contribution >= 0.6 is 11.8 Å². The molecule has 0 aliphatic heterocycles. The first-order valence-corrected chi connectivity index (χ1v) is 9.78. The number of anilines is 1. The van der Waals surface area contributed by atoms with E-state index in [4.69, 9.17) is 9.15 Å². The Morgan fingerprint density at radius 2 is 1.83 bits per heavy atom. The van der Waals surface area contributed by atoms with Crippen LogP contribution in [0.5, 0.6) is 5.75 Å². The molecule has 0 radical (unpaired) electrons. The number of fused-ring (bicyclic) bond motifs is 1. The number of ether oxygens (including phenoxy) is 1. The summed E-state index contributed by atoms with van der Waals surface area (Å²) in [5.74, 6) is -0.237. The number of carbonyl (C=O) groups is 1. The highest BCUT2D eigenvalue weighted by Crippen LogP contribution is 2.24. The normalized spacial score (nSPS) is 10.8. The first kappa shape index (κ1) is 18.9. The van der Waals surface area contributed by atoms with Crippen LogP contribution in [-0.2, 0) is 11.4 Å². The van der Waals surface area contributed by atoms with Crippen molar-refractivity contribution in [2.45, 2.75) is 11.8 Å². The van der Waals surface area contributed by atoms with Crippen LogP contribution in [0.15, 0.2) is 76.4 Å². The molecule has 0 aliphatic rings. The molecule has 6 nitrogen and oxygen atoms in total. The highest BCUT2D eigenvalue weighted by Gasteiger charge is 2.12. The van der Waals surface area contributed by atoms with E-state index in [0.29, 0.717) is 0 Å². The number of hydrogen-bond acceptors (Lipinski definition) is 6. The number of halogens is 1. The van der Waals surface area contributed by atoms with Crippen molar-refractivity contribution >= 4 is 34.1 Å². The molecule has 3 aromatic carbocycles. The van der Waals surface area contributed by atoms with Gasteiger partial charge < -0.3 is 14.5 Å². The van der Waals surface area contributed by atoms with Crippen LogP contribution < -0.4 is 10.1 Å². The van der Waals surface area contributed by atoms with E-state index in [0.717, 1.165) is 28.2 Å². The molecule has 29 heavy (non-hydrogen) atoms. The van der Waals surface area contributed by atoms with Gasteiger partial charge in [0.2, 0.25) is 5.91 Å². The molecular weight excluding hydrogens is 393 g/mol. The predicted octanol–water partition coefficient (Wildman–Crippen LogP) is 4.67. The molecule has 0 saturated heterocycles. The SMILES string of the molecule is O=C(CSc1nnc(COc2ccccc2F)o1)Nc1cccc2ccccc12. The second-order valence-corrected chi connectivity index (χ2v) is 6.97. The Balaban J connectivity index is 1.31. The largest absolute Gasteiger partial charge is 0.481 e. The molecule has 0 saturated carbocycles.